The molecule has 0 radical (unpaired) electrons. The van der Waals surface area contributed by atoms with Crippen LogP contribution in [0.25, 0.3) is 0 Å². The number of anilines is 1. The van der Waals surface area contributed by atoms with Gasteiger partial charge in [0.2, 0.25) is 0 Å². The Morgan fingerprint density at radius 2 is 1.79 bits per heavy atom. The van der Waals surface area contributed by atoms with Gasteiger partial charge < -0.3 is 10.1 Å². The maximum atomic E-state index is 5.80. The van der Waals surface area contributed by atoms with Crippen molar-refractivity contribution in [2.45, 2.75) is 6.42 Å². The van der Waals surface area contributed by atoms with Crippen molar-refractivity contribution >= 4 is 17.4 Å². The summed E-state index contributed by atoms with van der Waals surface area (Å²) in [6, 6.07) is 17.9. The lowest BCUT2D eigenvalue weighted by atomic mass is 10.3. The fraction of sp³-hybridized carbons (Fsp3) is 0.250. The van der Waals surface area contributed by atoms with Gasteiger partial charge in [-0.1, -0.05) is 24.3 Å². The fourth-order valence-corrected chi connectivity index (χ4v) is 2.18. The third-order valence-electron chi connectivity index (χ3n) is 2.67. The highest BCUT2D eigenvalue weighted by Crippen LogP contribution is 2.23. The standard InChI is InChI=1S/C16H19NOS/c1-19-12-6-11-17-14-7-5-10-16(13-14)18-15-8-3-2-4-9-15/h2-5,7-10,13,17H,6,11-12H2,1H3. The Labute approximate surface area is 119 Å². The van der Waals surface area contributed by atoms with Crippen molar-refractivity contribution in [1.82, 2.24) is 0 Å². The number of hydrogen-bond donors (Lipinski definition) is 1. The first-order valence-corrected chi connectivity index (χ1v) is 7.83. The van der Waals surface area contributed by atoms with Crippen LogP contribution in [0.5, 0.6) is 11.5 Å². The Balaban J connectivity index is 1.91. The summed E-state index contributed by atoms with van der Waals surface area (Å²) >= 11 is 1.88. The number of benzene rings is 2. The molecule has 0 amide bonds. The smallest absolute Gasteiger partial charge is 0.129 e. The van der Waals surface area contributed by atoms with Gasteiger partial charge in [0.05, 0.1) is 0 Å². The number of hydrogen-bond acceptors (Lipinski definition) is 3. The van der Waals surface area contributed by atoms with Crippen LogP contribution in [0.4, 0.5) is 5.69 Å². The third-order valence-corrected chi connectivity index (χ3v) is 3.36. The zero-order valence-corrected chi connectivity index (χ0v) is 12.0. The van der Waals surface area contributed by atoms with Gasteiger partial charge in [-0.3, -0.25) is 0 Å². The third kappa shape index (κ3) is 4.87. The zero-order chi connectivity index (χ0) is 13.3. The SMILES string of the molecule is CSCCCNc1cccc(Oc2ccccc2)c1. The highest BCUT2D eigenvalue weighted by molar-refractivity contribution is 7.98. The summed E-state index contributed by atoms with van der Waals surface area (Å²) in [5.41, 5.74) is 1.11. The van der Waals surface area contributed by atoms with Crippen LogP contribution in [-0.2, 0) is 0 Å². The molecular formula is C16H19NOS. The van der Waals surface area contributed by atoms with Crippen molar-refractivity contribution in [3.63, 3.8) is 0 Å². The second-order valence-corrected chi connectivity index (χ2v) is 5.20. The average Bonchev–Trinajstić information content (AvgIpc) is 2.45. The van der Waals surface area contributed by atoms with E-state index in [0.29, 0.717) is 0 Å². The number of para-hydroxylation sites is 1. The monoisotopic (exact) mass is 273 g/mol. The van der Waals surface area contributed by atoms with Crippen molar-refractivity contribution in [3.8, 4) is 11.5 Å². The van der Waals surface area contributed by atoms with E-state index in [-0.39, 0.29) is 0 Å². The minimum absolute atomic E-state index is 0.862. The summed E-state index contributed by atoms with van der Waals surface area (Å²) in [4.78, 5) is 0. The molecule has 0 spiro atoms. The van der Waals surface area contributed by atoms with Gasteiger partial charge in [-0.15, -0.1) is 0 Å². The van der Waals surface area contributed by atoms with Crippen molar-refractivity contribution < 1.29 is 4.74 Å². The Morgan fingerprint density at radius 3 is 2.58 bits per heavy atom. The summed E-state index contributed by atoms with van der Waals surface area (Å²) in [5.74, 6) is 2.91. The molecule has 0 saturated heterocycles. The topological polar surface area (TPSA) is 21.3 Å². The van der Waals surface area contributed by atoms with E-state index >= 15 is 0 Å². The van der Waals surface area contributed by atoms with Gasteiger partial charge in [-0.2, -0.15) is 11.8 Å². The summed E-state index contributed by atoms with van der Waals surface area (Å²) in [7, 11) is 0. The van der Waals surface area contributed by atoms with E-state index < -0.39 is 0 Å². The van der Waals surface area contributed by atoms with E-state index in [9.17, 15) is 0 Å². The van der Waals surface area contributed by atoms with Crippen LogP contribution < -0.4 is 10.1 Å². The predicted octanol–water partition coefficient (Wildman–Crippen LogP) is 4.64. The van der Waals surface area contributed by atoms with Gasteiger partial charge in [0.15, 0.2) is 0 Å². The summed E-state index contributed by atoms with van der Waals surface area (Å²) in [6.45, 7) is 0.996. The van der Waals surface area contributed by atoms with Crippen LogP contribution >= 0.6 is 11.8 Å². The average molecular weight is 273 g/mol. The number of thioether (sulfide) groups is 1. The molecule has 0 unspecified atom stereocenters. The van der Waals surface area contributed by atoms with Gasteiger partial charge in [0.25, 0.3) is 0 Å². The molecule has 0 saturated carbocycles. The van der Waals surface area contributed by atoms with Gasteiger partial charge in [0.1, 0.15) is 11.5 Å². The van der Waals surface area contributed by atoms with E-state index in [1.807, 2.05) is 60.3 Å². The maximum Gasteiger partial charge on any atom is 0.129 e. The molecule has 0 bridgehead atoms. The summed E-state index contributed by atoms with van der Waals surface area (Å²) in [6.07, 6.45) is 3.30. The fourth-order valence-electron chi connectivity index (χ4n) is 1.74. The largest absolute Gasteiger partial charge is 0.457 e. The van der Waals surface area contributed by atoms with E-state index in [1.165, 1.54) is 12.2 Å². The van der Waals surface area contributed by atoms with Crippen molar-refractivity contribution in [2.24, 2.45) is 0 Å². The van der Waals surface area contributed by atoms with Crippen molar-refractivity contribution in [2.75, 3.05) is 23.9 Å². The normalized spacial score (nSPS) is 10.2. The lowest BCUT2D eigenvalue weighted by Gasteiger charge is -2.09. The Morgan fingerprint density at radius 1 is 1.00 bits per heavy atom. The number of rotatable bonds is 7. The van der Waals surface area contributed by atoms with Crippen LogP contribution in [-0.4, -0.2) is 18.6 Å². The molecule has 0 heterocycles. The second-order valence-electron chi connectivity index (χ2n) is 4.22. The number of ether oxygens (including phenoxy) is 1. The lowest BCUT2D eigenvalue weighted by Crippen LogP contribution is -2.02. The summed E-state index contributed by atoms with van der Waals surface area (Å²) < 4.78 is 5.80. The molecule has 100 valence electrons. The molecule has 2 aromatic rings. The quantitative estimate of drug-likeness (QED) is 0.742. The predicted molar refractivity (Wildman–Crippen MR) is 84.4 cm³/mol. The van der Waals surface area contributed by atoms with Gasteiger partial charge >= 0.3 is 0 Å². The van der Waals surface area contributed by atoms with Crippen LogP contribution in [0.1, 0.15) is 6.42 Å². The van der Waals surface area contributed by atoms with E-state index in [0.717, 1.165) is 23.7 Å². The van der Waals surface area contributed by atoms with E-state index in [4.69, 9.17) is 4.74 Å². The van der Waals surface area contributed by atoms with Crippen LogP contribution in [0.2, 0.25) is 0 Å². The second kappa shape index (κ2) is 7.74. The van der Waals surface area contributed by atoms with Crippen molar-refractivity contribution in [1.29, 1.82) is 0 Å². The molecule has 0 aliphatic heterocycles. The zero-order valence-electron chi connectivity index (χ0n) is 11.1. The van der Waals surface area contributed by atoms with Gasteiger partial charge in [-0.05, 0) is 42.7 Å². The minimum atomic E-state index is 0.862. The summed E-state index contributed by atoms with van der Waals surface area (Å²) in [5, 5.41) is 3.41. The molecule has 0 aliphatic rings. The lowest BCUT2D eigenvalue weighted by molar-refractivity contribution is 0.483. The van der Waals surface area contributed by atoms with Crippen LogP contribution in [0.15, 0.2) is 54.6 Å². The number of nitrogens with one attached hydrogen (secondary N) is 1. The molecule has 0 fully saturated rings. The molecule has 1 N–H and O–H groups in total. The molecule has 2 nitrogen and oxygen atoms in total. The highest BCUT2D eigenvalue weighted by atomic mass is 32.2. The first kappa shape index (κ1) is 13.8. The molecule has 0 atom stereocenters. The highest BCUT2D eigenvalue weighted by Gasteiger charge is 1.98. The molecule has 19 heavy (non-hydrogen) atoms. The van der Waals surface area contributed by atoms with Gasteiger partial charge in [0, 0.05) is 18.3 Å². The van der Waals surface area contributed by atoms with Crippen molar-refractivity contribution in [3.05, 3.63) is 54.6 Å². The molecule has 2 aromatic carbocycles. The molecular weight excluding hydrogens is 254 g/mol. The van der Waals surface area contributed by atoms with Crippen LogP contribution in [0, 0.1) is 0 Å². The first-order valence-electron chi connectivity index (χ1n) is 6.44. The van der Waals surface area contributed by atoms with E-state index in [2.05, 4.69) is 17.6 Å². The maximum absolute atomic E-state index is 5.80. The molecule has 3 heteroatoms. The Bertz CT molecular complexity index is 487. The molecule has 0 aliphatic carbocycles. The Hall–Kier alpha value is -1.61. The molecule has 0 aromatic heterocycles. The van der Waals surface area contributed by atoms with E-state index in [1.54, 1.807) is 0 Å². The minimum Gasteiger partial charge on any atom is -0.457 e. The Kier molecular flexibility index (Phi) is 5.63. The first-order chi connectivity index (χ1) is 9.38. The van der Waals surface area contributed by atoms with Gasteiger partial charge in [-0.25, -0.2) is 0 Å². The molecule has 2 rings (SSSR count). The van der Waals surface area contributed by atoms with Crippen LogP contribution in [0.3, 0.4) is 0 Å².